The average Bonchev–Trinajstić information content (AvgIpc) is 2.16. The molecule has 0 radical (unpaired) electrons. The van der Waals surface area contributed by atoms with Crippen molar-refractivity contribution in [1.29, 1.82) is 0 Å². The number of carbonyl (C=O) groups excluding carboxylic acids is 1. The van der Waals surface area contributed by atoms with Gasteiger partial charge in [-0.15, -0.1) is 0 Å². The number of hydrogen-bond donors (Lipinski definition) is 1. The van der Waals surface area contributed by atoms with Crippen molar-refractivity contribution in [3.05, 3.63) is 0 Å². The molecule has 0 aromatic rings. The van der Waals surface area contributed by atoms with Crippen molar-refractivity contribution in [2.45, 2.75) is 32.2 Å². The van der Waals surface area contributed by atoms with Crippen molar-refractivity contribution in [3.63, 3.8) is 0 Å². The highest BCUT2D eigenvalue weighted by atomic mass is 79.9. The maximum atomic E-state index is 11.1. The van der Waals surface area contributed by atoms with Crippen molar-refractivity contribution >= 4 is 21.8 Å². The van der Waals surface area contributed by atoms with Gasteiger partial charge in [0.05, 0.1) is 5.92 Å². The van der Waals surface area contributed by atoms with Gasteiger partial charge in [-0.1, -0.05) is 15.9 Å². The Morgan fingerprint density at radius 2 is 2.29 bits per heavy atom. The molecule has 2 unspecified atom stereocenters. The zero-order chi connectivity index (χ0) is 10.6. The summed E-state index contributed by atoms with van der Waals surface area (Å²) in [5.74, 6) is -0.0673. The smallest absolute Gasteiger partial charge is 0.221 e. The van der Waals surface area contributed by atoms with E-state index in [0.29, 0.717) is 6.04 Å². The maximum absolute atomic E-state index is 11.1. The van der Waals surface area contributed by atoms with Crippen LogP contribution in [0.4, 0.5) is 0 Å². The Labute approximate surface area is 94.1 Å². The van der Waals surface area contributed by atoms with Crippen LogP contribution >= 0.6 is 15.9 Å². The summed E-state index contributed by atoms with van der Waals surface area (Å²) in [7, 11) is 0. The molecule has 0 aromatic heterocycles. The van der Waals surface area contributed by atoms with Gasteiger partial charge >= 0.3 is 0 Å². The van der Waals surface area contributed by atoms with Crippen LogP contribution in [0.1, 0.15) is 26.2 Å². The lowest BCUT2D eigenvalue weighted by molar-refractivity contribution is -0.123. The van der Waals surface area contributed by atoms with E-state index in [1.165, 1.54) is 0 Å². The fourth-order valence-corrected chi connectivity index (χ4v) is 2.24. The van der Waals surface area contributed by atoms with Crippen LogP contribution < -0.4 is 5.73 Å². The molecule has 82 valence electrons. The lowest BCUT2D eigenvalue weighted by Crippen LogP contribution is -2.46. The third kappa shape index (κ3) is 3.24. The van der Waals surface area contributed by atoms with Crippen molar-refractivity contribution in [3.8, 4) is 0 Å². The number of amides is 1. The molecule has 0 saturated carbocycles. The number of rotatable bonds is 4. The molecular formula is C10H19BrN2O. The third-order valence-electron chi connectivity index (χ3n) is 2.99. The molecule has 3 nitrogen and oxygen atoms in total. The lowest BCUT2D eigenvalue weighted by atomic mass is 9.93. The number of nitrogens with two attached hydrogens (primary N) is 1. The van der Waals surface area contributed by atoms with Crippen LogP contribution in [0, 0.1) is 5.92 Å². The second-order valence-electron chi connectivity index (χ2n) is 4.06. The monoisotopic (exact) mass is 262 g/mol. The number of halogens is 1. The first kappa shape index (κ1) is 12.0. The first-order chi connectivity index (χ1) is 6.65. The van der Waals surface area contributed by atoms with Gasteiger partial charge < -0.3 is 5.73 Å². The summed E-state index contributed by atoms with van der Waals surface area (Å²) >= 11 is 3.42. The molecule has 4 heteroatoms. The number of primary amides is 1. The second kappa shape index (κ2) is 5.71. The molecule has 0 aliphatic carbocycles. The van der Waals surface area contributed by atoms with Crippen molar-refractivity contribution in [1.82, 2.24) is 4.90 Å². The SMILES string of the molecule is CC1CCC(C(N)=O)CN1CCCBr. The van der Waals surface area contributed by atoms with Gasteiger partial charge in [0.15, 0.2) is 0 Å². The van der Waals surface area contributed by atoms with E-state index < -0.39 is 0 Å². The van der Waals surface area contributed by atoms with Crippen molar-refractivity contribution in [2.24, 2.45) is 11.7 Å². The minimum absolute atomic E-state index is 0.0709. The van der Waals surface area contributed by atoms with Gasteiger partial charge in [-0.2, -0.15) is 0 Å². The largest absolute Gasteiger partial charge is 0.369 e. The number of nitrogens with zero attached hydrogens (tertiary/aromatic N) is 1. The van der Waals surface area contributed by atoms with E-state index in [2.05, 4.69) is 27.8 Å². The summed E-state index contributed by atoms with van der Waals surface area (Å²) in [5, 5.41) is 1.03. The molecule has 2 N–H and O–H groups in total. The summed E-state index contributed by atoms with van der Waals surface area (Å²) in [6.45, 7) is 4.14. The average molecular weight is 263 g/mol. The highest BCUT2D eigenvalue weighted by Gasteiger charge is 2.27. The molecular weight excluding hydrogens is 244 g/mol. The number of piperidine rings is 1. The van der Waals surface area contributed by atoms with Gasteiger partial charge in [0.1, 0.15) is 0 Å². The van der Waals surface area contributed by atoms with Gasteiger partial charge in [0, 0.05) is 17.9 Å². The van der Waals surface area contributed by atoms with Crippen LogP contribution in [-0.4, -0.2) is 35.3 Å². The second-order valence-corrected chi connectivity index (χ2v) is 4.86. The predicted molar refractivity (Wildman–Crippen MR) is 61.4 cm³/mol. The van der Waals surface area contributed by atoms with Gasteiger partial charge in [-0.25, -0.2) is 0 Å². The molecule has 14 heavy (non-hydrogen) atoms. The molecule has 1 saturated heterocycles. The summed E-state index contributed by atoms with van der Waals surface area (Å²) in [6.07, 6.45) is 3.19. The van der Waals surface area contributed by atoms with E-state index in [1.807, 2.05) is 0 Å². The van der Waals surface area contributed by atoms with Crippen LogP contribution in [-0.2, 0) is 4.79 Å². The number of likely N-dealkylation sites (tertiary alicyclic amines) is 1. The lowest BCUT2D eigenvalue weighted by Gasteiger charge is -2.36. The Morgan fingerprint density at radius 3 is 2.86 bits per heavy atom. The van der Waals surface area contributed by atoms with Crippen molar-refractivity contribution in [2.75, 3.05) is 18.4 Å². The fraction of sp³-hybridized carbons (Fsp3) is 0.900. The van der Waals surface area contributed by atoms with E-state index in [4.69, 9.17) is 5.73 Å². The van der Waals surface area contributed by atoms with Gasteiger partial charge in [-0.05, 0) is 32.7 Å². The third-order valence-corrected chi connectivity index (χ3v) is 3.55. The minimum atomic E-state index is -0.138. The molecule has 0 spiro atoms. The first-order valence-corrected chi connectivity index (χ1v) is 6.36. The molecule has 1 amide bonds. The number of hydrogen-bond acceptors (Lipinski definition) is 2. The maximum Gasteiger partial charge on any atom is 0.221 e. The highest BCUT2D eigenvalue weighted by Crippen LogP contribution is 2.21. The molecule has 1 fully saturated rings. The van der Waals surface area contributed by atoms with Gasteiger partial charge in [-0.3, -0.25) is 9.69 Å². The van der Waals surface area contributed by atoms with Crippen LogP contribution in [0.5, 0.6) is 0 Å². The van der Waals surface area contributed by atoms with E-state index in [-0.39, 0.29) is 11.8 Å². The zero-order valence-electron chi connectivity index (χ0n) is 8.71. The molecule has 0 bridgehead atoms. The Morgan fingerprint density at radius 1 is 1.57 bits per heavy atom. The quantitative estimate of drug-likeness (QED) is 0.778. The summed E-state index contributed by atoms with van der Waals surface area (Å²) in [6, 6.07) is 0.602. The molecule has 1 heterocycles. The minimum Gasteiger partial charge on any atom is -0.369 e. The Bertz CT molecular complexity index is 199. The Balaban J connectivity index is 2.42. The molecule has 2 atom stereocenters. The van der Waals surface area contributed by atoms with Gasteiger partial charge in [0.2, 0.25) is 5.91 Å². The van der Waals surface area contributed by atoms with E-state index >= 15 is 0 Å². The van der Waals surface area contributed by atoms with E-state index in [1.54, 1.807) is 0 Å². The number of alkyl halides is 1. The Kier molecular flexibility index (Phi) is 4.89. The zero-order valence-corrected chi connectivity index (χ0v) is 10.3. The van der Waals surface area contributed by atoms with Crippen LogP contribution in [0.25, 0.3) is 0 Å². The van der Waals surface area contributed by atoms with Crippen LogP contribution in [0.3, 0.4) is 0 Å². The van der Waals surface area contributed by atoms with E-state index in [0.717, 1.165) is 37.7 Å². The summed E-state index contributed by atoms with van der Waals surface area (Å²) in [4.78, 5) is 13.4. The van der Waals surface area contributed by atoms with Crippen LogP contribution in [0.15, 0.2) is 0 Å². The van der Waals surface area contributed by atoms with Gasteiger partial charge in [0.25, 0.3) is 0 Å². The van der Waals surface area contributed by atoms with Crippen molar-refractivity contribution < 1.29 is 4.79 Å². The number of carbonyl (C=O) groups is 1. The topological polar surface area (TPSA) is 46.3 Å². The summed E-state index contributed by atoms with van der Waals surface area (Å²) in [5.41, 5.74) is 5.33. The molecule has 0 aromatic carbocycles. The van der Waals surface area contributed by atoms with E-state index in [9.17, 15) is 4.79 Å². The van der Waals surface area contributed by atoms with Crippen LogP contribution in [0.2, 0.25) is 0 Å². The fourth-order valence-electron chi connectivity index (χ4n) is 1.99. The normalized spacial score (nSPS) is 29.0. The highest BCUT2D eigenvalue weighted by molar-refractivity contribution is 9.09. The molecule has 1 aliphatic rings. The Hall–Kier alpha value is -0.0900. The standard InChI is InChI=1S/C10H19BrN2O/c1-8-3-4-9(10(12)14)7-13(8)6-2-5-11/h8-9H,2-7H2,1H3,(H2,12,14). The first-order valence-electron chi connectivity index (χ1n) is 5.24. The predicted octanol–water partition coefficient (Wildman–Crippen LogP) is 1.36. The molecule has 1 rings (SSSR count). The summed E-state index contributed by atoms with van der Waals surface area (Å²) < 4.78 is 0. The molecule has 1 aliphatic heterocycles.